The number of carbonyl (C=O) groups excluding carboxylic acids is 9. The number of benzene rings is 7. The van der Waals surface area contributed by atoms with Gasteiger partial charge in [0.15, 0.2) is 23.1 Å². The Hall–Kier alpha value is -11.3. The minimum Gasteiger partial charge on any atom is -0.481 e. The van der Waals surface area contributed by atoms with Gasteiger partial charge in [0.25, 0.3) is 0 Å². The Morgan fingerprint density at radius 2 is 0.720 bits per heavy atom. The van der Waals surface area contributed by atoms with Gasteiger partial charge in [-0.05, 0) is 91.0 Å². The zero-order chi connectivity index (χ0) is 72.7. The van der Waals surface area contributed by atoms with E-state index >= 15 is 0 Å². The number of amides is 4. The van der Waals surface area contributed by atoms with Gasteiger partial charge in [-0.25, -0.2) is 4.79 Å². The Bertz CT molecular complexity index is 3990. The number of carbonyl (C=O) groups is 12. The second-order valence-corrected chi connectivity index (χ2v) is 25.0. The molecule has 0 fully saturated rings. The van der Waals surface area contributed by atoms with Crippen molar-refractivity contribution in [3.63, 3.8) is 0 Å². The normalized spacial score (nSPS) is 13.4. The molecule has 7 rings (SSSR count). The van der Waals surface area contributed by atoms with E-state index in [1.807, 2.05) is 103 Å². The number of Topliss-reactive ketones (excluding diaryl/α,β-unsaturated/α-hetero) is 5. The fourth-order valence-corrected chi connectivity index (χ4v) is 11.0. The number of aryl methyl sites for hydroxylation is 1. The average Bonchev–Trinajstić information content (AvgIpc) is 0.869. The number of aliphatic carboxylic acids is 3. The maximum atomic E-state index is 13.8. The second kappa shape index (κ2) is 39.8. The number of nitrogens with one attached hydrogen (secondary N) is 4. The lowest BCUT2D eigenvalue weighted by molar-refractivity contribution is -0.147. The molecule has 0 unspecified atom stereocenters. The molecule has 7 aromatic carbocycles. The van der Waals surface area contributed by atoms with Crippen molar-refractivity contribution in [1.29, 1.82) is 0 Å². The molecule has 0 bridgehead atoms. The van der Waals surface area contributed by atoms with Crippen LogP contribution in [0.5, 0.6) is 0 Å². The molecule has 0 aromatic heterocycles. The average molecular weight is 1360 g/mol. The van der Waals surface area contributed by atoms with Crippen molar-refractivity contribution in [1.82, 2.24) is 21.3 Å². The van der Waals surface area contributed by atoms with Gasteiger partial charge in [-0.1, -0.05) is 231 Å². The van der Waals surface area contributed by atoms with Crippen LogP contribution in [0.2, 0.25) is 0 Å². The van der Waals surface area contributed by atoms with Gasteiger partial charge in [-0.15, -0.1) is 0 Å². The highest BCUT2D eigenvalue weighted by molar-refractivity contribution is 6.00. The quantitative estimate of drug-likeness (QED) is 0.0141. The molecule has 0 saturated carbocycles. The first-order chi connectivity index (χ1) is 47.8. The van der Waals surface area contributed by atoms with Crippen LogP contribution in [-0.4, -0.2) is 110 Å². The lowest BCUT2D eigenvalue weighted by atomic mass is 9.89. The van der Waals surface area contributed by atoms with Gasteiger partial charge >= 0.3 is 17.9 Å². The molecule has 520 valence electrons. The lowest BCUT2D eigenvalue weighted by Crippen LogP contribution is -2.47. The summed E-state index contributed by atoms with van der Waals surface area (Å²) < 4.78 is 0. The number of ketones is 5. The number of carboxylic acids is 3. The van der Waals surface area contributed by atoms with Crippen molar-refractivity contribution in [2.75, 3.05) is 0 Å². The first kappa shape index (κ1) is 77.7. The predicted molar refractivity (Wildman–Crippen MR) is 382 cm³/mol. The van der Waals surface area contributed by atoms with E-state index in [1.54, 1.807) is 73.7 Å². The first-order valence-corrected chi connectivity index (χ1v) is 33.0. The van der Waals surface area contributed by atoms with Crippen LogP contribution in [-0.2, 0) is 78.4 Å². The molecule has 7 N–H and O–H groups in total. The molecule has 8 atom stereocenters. The second-order valence-electron chi connectivity index (χ2n) is 25.0. The molecule has 0 aliphatic rings. The minimum absolute atomic E-state index is 0.0680. The van der Waals surface area contributed by atoms with E-state index in [0.29, 0.717) is 11.1 Å². The molecule has 0 spiro atoms. The van der Waals surface area contributed by atoms with Gasteiger partial charge in [0.2, 0.25) is 23.6 Å². The fourth-order valence-electron chi connectivity index (χ4n) is 11.0. The molecule has 7 aromatic rings. The maximum Gasteiger partial charge on any atom is 0.326 e. The number of rotatable bonds is 37. The van der Waals surface area contributed by atoms with E-state index in [-0.39, 0.29) is 68.8 Å². The monoisotopic (exact) mass is 1350 g/mol. The first-order valence-electron chi connectivity index (χ1n) is 33.0. The van der Waals surface area contributed by atoms with Crippen LogP contribution < -0.4 is 21.3 Å². The van der Waals surface area contributed by atoms with Crippen LogP contribution in [0.3, 0.4) is 0 Å². The van der Waals surface area contributed by atoms with Crippen LogP contribution in [0, 0.1) is 30.6 Å². The summed E-state index contributed by atoms with van der Waals surface area (Å²) in [6, 6.07) is 55.3. The third-order valence-corrected chi connectivity index (χ3v) is 16.7. The van der Waals surface area contributed by atoms with Gasteiger partial charge in [0.05, 0.1) is 31.0 Å². The zero-order valence-corrected chi connectivity index (χ0v) is 56.7. The van der Waals surface area contributed by atoms with Crippen LogP contribution >= 0.6 is 0 Å². The number of carboxylic acid groups (broad SMARTS) is 3. The molecule has 100 heavy (non-hydrogen) atoms. The SMILES string of the molecule is CC(=O)N[C@@H](Cc1ccccc1)C(=O)C[C@@H](C)C(=O)N[C@@H](Cc1ccccc1)C(=O)C[C@@H](CC(=O)O)C(C)=O.Cc1ccc(/C=C/c2ccc(/C=C/c3ccc(C(=O)C[C@@H](Cc4ccccc4)C(=O)N[C@@H](C)C(=O)C[C@@H](Cc4ccccc4)C(=O)N[C@@H](CC(=O)O)C(=O)O)cc3)cc2)cc1. The van der Waals surface area contributed by atoms with E-state index in [4.69, 9.17) is 10.2 Å². The summed E-state index contributed by atoms with van der Waals surface area (Å²) in [7, 11) is 0. The summed E-state index contributed by atoms with van der Waals surface area (Å²) in [4.78, 5) is 152. The summed E-state index contributed by atoms with van der Waals surface area (Å²) in [5.41, 5.74) is 8.96. The lowest BCUT2D eigenvalue weighted by Gasteiger charge is -2.23. The Labute approximate surface area is 582 Å². The minimum atomic E-state index is -1.69. The Kier molecular flexibility index (Phi) is 30.9. The van der Waals surface area contributed by atoms with E-state index in [9.17, 15) is 62.6 Å². The van der Waals surface area contributed by atoms with Crippen molar-refractivity contribution >= 4 is 94.8 Å². The molecule has 0 radical (unpaired) electrons. The highest BCUT2D eigenvalue weighted by Crippen LogP contribution is 2.22. The van der Waals surface area contributed by atoms with Crippen molar-refractivity contribution < 1.29 is 72.9 Å². The Morgan fingerprint density at radius 1 is 0.360 bits per heavy atom. The van der Waals surface area contributed by atoms with E-state index in [0.717, 1.165) is 38.9 Å². The smallest absolute Gasteiger partial charge is 0.326 e. The molecule has 19 nitrogen and oxygen atoms in total. The van der Waals surface area contributed by atoms with E-state index in [2.05, 4.69) is 76.7 Å². The molecule has 4 amide bonds. The topological polar surface area (TPSA) is 314 Å². The summed E-state index contributed by atoms with van der Waals surface area (Å²) in [5, 5.41) is 38.2. The van der Waals surface area contributed by atoms with Gasteiger partial charge in [0.1, 0.15) is 11.8 Å². The Morgan fingerprint density at radius 3 is 1.13 bits per heavy atom. The molecule has 0 saturated heterocycles. The van der Waals surface area contributed by atoms with Crippen LogP contribution in [0.25, 0.3) is 24.3 Å². The summed E-state index contributed by atoms with van der Waals surface area (Å²) >= 11 is 0. The van der Waals surface area contributed by atoms with Crippen LogP contribution in [0.4, 0.5) is 0 Å². The molecule has 0 aliphatic carbocycles. The predicted octanol–water partition coefficient (Wildman–Crippen LogP) is 10.8. The van der Waals surface area contributed by atoms with Crippen molar-refractivity contribution in [3.05, 3.63) is 250 Å². The molecule has 0 heterocycles. The van der Waals surface area contributed by atoms with Gasteiger partial charge in [0, 0.05) is 61.8 Å². The third kappa shape index (κ3) is 27.3. The van der Waals surface area contributed by atoms with Crippen molar-refractivity contribution in [2.45, 2.75) is 123 Å². The molecular formula is C81H86N4O15. The highest BCUT2D eigenvalue weighted by Gasteiger charge is 2.34. The number of hydrogen-bond acceptors (Lipinski definition) is 12. The van der Waals surface area contributed by atoms with E-state index in [1.165, 1.54) is 26.3 Å². The standard InChI is InChI=1S/C51H50N2O8.C30H36N2O7/c1-34-13-15-36(16-14-34)17-18-37-19-21-38(22-20-37)23-24-39-25-27-42(28-26-39)47(55)32-44(30-41-11-7-4-8-12-41)49(58)52-35(2)46(54)31-43(29-40-9-5-3-6-10-40)50(59)53-45(51(60)61)33-48(56)57;1-19(14-27(35)25(31-21(3)34)15-22-10-6-4-7-11-22)30(39)32-26(16-23-12-8-5-9-13-23)28(36)17-24(20(2)33)18-29(37)38/h3-28,35,43-45H,29-33H2,1-2H3,(H,52,58)(H,53,59)(H,56,57)(H,60,61);4-13,19,24-26H,14-18H2,1-3H3,(H,31,34)(H,32,39)(H,37,38)/b18-17+,24-23+;/t35-,43+,44+,45-;19-,24+,25+,26+/m01/s1. The largest absolute Gasteiger partial charge is 0.481 e. The Balaban J connectivity index is 0.000000348. The highest BCUT2D eigenvalue weighted by atomic mass is 16.4. The molecule has 19 heteroatoms. The summed E-state index contributed by atoms with van der Waals surface area (Å²) in [6.45, 7) is 7.68. The van der Waals surface area contributed by atoms with Gasteiger partial charge in [-0.2, -0.15) is 0 Å². The fraction of sp³-hybridized carbons (Fsp3) is 0.284. The van der Waals surface area contributed by atoms with Crippen molar-refractivity contribution in [2.24, 2.45) is 23.7 Å². The maximum absolute atomic E-state index is 13.8. The van der Waals surface area contributed by atoms with Gasteiger partial charge in [-0.3, -0.25) is 52.7 Å². The van der Waals surface area contributed by atoms with E-state index < -0.39 is 114 Å². The summed E-state index contributed by atoms with van der Waals surface area (Å²) in [5.74, 6) is -11.9. The van der Waals surface area contributed by atoms with Crippen molar-refractivity contribution in [3.8, 4) is 0 Å². The van der Waals surface area contributed by atoms with Crippen LogP contribution in [0.15, 0.2) is 194 Å². The van der Waals surface area contributed by atoms with Crippen LogP contribution in [0.1, 0.15) is 127 Å². The molecular weight excluding hydrogens is 1270 g/mol. The zero-order valence-electron chi connectivity index (χ0n) is 56.7. The number of hydrogen-bond donors (Lipinski definition) is 7. The summed E-state index contributed by atoms with van der Waals surface area (Å²) in [6.07, 6.45) is 6.54. The van der Waals surface area contributed by atoms with Gasteiger partial charge < -0.3 is 36.6 Å². The molecule has 0 aliphatic heterocycles. The third-order valence-electron chi connectivity index (χ3n) is 16.7.